The number of hydrogen-bond donors (Lipinski definition) is 1. The van der Waals surface area contributed by atoms with Crippen LogP contribution < -0.4 is 5.32 Å². The molecule has 0 radical (unpaired) electrons. The van der Waals surface area contributed by atoms with Crippen LogP contribution in [-0.4, -0.2) is 25.9 Å². The molecule has 0 spiro atoms. The van der Waals surface area contributed by atoms with Crippen molar-refractivity contribution in [1.82, 2.24) is 20.1 Å². The second kappa shape index (κ2) is 8.46. The Morgan fingerprint density at radius 3 is 2.77 bits per heavy atom. The molecule has 0 aliphatic carbocycles. The molecule has 3 aromatic rings. The third-order valence-electron chi connectivity index (χ3n) is 3.87. The Kier molecular flexibility index (Phi) is 6.05. The molecule has 0 unspecified atom stereocenters. The van der Waals surface area contributed by atoms with Crippen molar-refractivity contribution < 1.29 is 9.18 Å². The number of carbonyl (C=O) groups is 1. The van der Waals surface area contributed by atoms with Crippen molar-refractivity contribution in [2.75, 3.05) is 0 Å². The lowest BCUT2D eigenvalue weighted by Crippen LogP contribution is -2.30. The summed E-state index contributed by atoms with van der Waals surface area (Å²) in [6.45, 7) is 2.20. The normalized spacial score (nSPS) is 12.1. The third-order valence-corrected chi connectivity index (χ3v) is 5.88. The lowest BCUT2D eigenvalue weighted by molar-refractivity contribution is -0.120. The number of rotatable bonds is 7. The van der Waals surface area contributed by atoms with E-state index < -0.39 is 0 Å². The third kappa shape index (κ3) is 4.70. The highest BCUT2D eigenvalue weighted by atomic mass is 32.2. The minimum absolute atomic E-state index is 0.0952. The lowest BCUT2D eigenvalue weighted by Gasteiger charge is -2.11. The molecule has 136 valence electrons. The Bertz CT molecular complexity index is 862. The molecule has 26 heavy (non-hydrogen) atoms. The van der Waals surface area contributed by atoms with Crippen LogP contribution >= 0.6 is 23.1 Å². The van der Waals surface area contributed by atoms with Gasteiger partial charge in [0, 0.05) is 24.9 Å². The smallest absolute Gasteiger partial charge is 0.233 e. The summed E-state index contributed by atoms with van der Waals surface area (Å²) >= 11 is 3.05. The molecule has 2 heterocycles. The quantitative estimate of drug-likeness (QED) is 0.628. The molecule has 1 amide bonds. The number of nitrogens with one attached hydrogen (secondary N) is 1. The van der Waals surface area contributed by atoms with Gasteiger partial charge < -0.3 is 9.88 Å². The molecule has 0 aliphatic heterocycles. The predicted octanol–water partition coefficient (Wildman–Crippen LogP) is 3.40. The number of aromatic nitrogens is 3. The van der Waals surface area contributed by atoms with Crippen LogP contribution in [0, 0.1) is 5.82 Å². The highest BCUT2D eigenvalue weighted by Crippen LogP contribution is 2.23. The zero-order valence-corrected chi connectivity index (χ0v) is 16.1. The van der Waals surface area contributed by atoms with Gasteiger partial charge in [-0.1, -0.05) is 30.0 Å². The van der Waals surface area contributed by atoms with Gasteiger partial charge in [-0.05, 0) is 36.1 Å². The molecule has 1 N–H and O–H groups in total. The Morgan fingerprint density at radius 2 is 2.08 bits per heavy atom. The van der Waals surface area contributed by atoms with Crippen molar-refractivity contribution >= 4 is 29.0 Å². The van der Waals surface area contributed by atoms with E-state index in [2.05, 4.69) is 21.6 Å². The monoisotopic (exact) mass is 390 g/mol. The first-order chi connectivity index (χ1) is 12.5. The van der Waals surface area contributed by atoms with Gasteiger partial charge in [-0.15, -0.1) is 21.5 Å². The lowest BCUT2D eigenvalue weighted by atomic mass is 10.2. The summed E-state index contributed by atoms with van der Waals surface area (Å²) in [5.74, 6) is 0.487. The average molecular weight is 391 g/mol. The number of hydrogen-bond acceptors (Lipinski definition) is 5. The Hall–Kier alpha value is -2.19. The average Bonchev–Trinajstić information content (AvgIpc) is 3.26. The zero-order chi connectivity index (χ0) is 18.5. The van der Waals surface area contributed by atoms with E-state index in [4.69, 9.17) is 0 Å². The van der Waals surface area contributed by atoms with E-state index in [-0.39, 0.29) is 17.0 Å². The molecule has 0 aliphatic rings. The minimum atomic E-state index is -0.312. The Labute approximate surface area is 159 Å². The number of nitrogens with zero attached hydrogens (tertiary/aromatic N) is 3. The van der Waals surface area contributed by atoms with Crippen molar-refractivity contribution in [1.29, 1.82) is 0 Å². The van der Waals surface area contributed by atoms with Crippen LogP contribution in [0.15, 0.2) is 46.9 Å². The molecule has 0 fully saturated rings. The van der Waals surface area contributed by atoms with E-state index >= 15 is 0 Å². The molecule has 5 nitrogen and oxygen atoms in total. The molecule has 3 rings (SSSR count). The van der Waals surface area contributed by atoms with Gasteiger partial charge in [0.25, 0.3) is 0 Å². The SMILES string of the molecule is C[C@@H](Sc1nnc(Cc2cccs2)n1C)C(=O)NCc1ccc(F)cc1. The summed E-state index contributed by atoms with van der Waals surface area (Å²) in [5, 5.41) is 13.7. The van der Waals surface area contributed by atoms with E-state index in [0.29, 0.717) is 11.7 Å². The van der Waals surface area contributed by atoms with E-state index in [1.54, 1.807) is 23.5 Å². The number of thioether (sulfide) groups is 1. The molecule has 0 bridgehead atoms. The van der Waals surface area contributed by atoms with E-state index in [0.717, 1.165) is 17.8 Å². The Morgan fingerprint density at radius 1 is 1.31 bits per heavy atom. The molecular weight excluding hydrogens is 371 g/mol. The fourth-order valence-corrected chi connectivity index (χ4v) is 3.88. The van der Waals surface area contributed by atoms with Crippen molar-refractivity contribution in [3.05, 3.63) is 63.9 Å². The van der Waals surface area contributed by atoms with Crippen molar-refractivity contribution in [2.45, 2.75) is 30.3 Å². The van der Waals surface area contributed by atoms with Gasteiger partial charge in [0.2, 0.25) is 5.91 Å². The largest absolute Gasteiger partial charge is 0.351 e. The van der Waals surface area contributed by atoms with Gasteiger partial charge in [-0.3, -0.25) is 4.79 Å². The standard InChI is InChI=1S/C18H19FN4OS2/c1-12(17(24)20-11-13-5-7-14(19)8-6-13)26-18-22-21-16(23(18)2)10-15-4-3-9-25-15/h3-9,12H,10-11H2,1-2H3,(H,20,24)/t12-/m1/s1. The maximum atomic E-state index is 12.9. The Balaban J connectivity index is 1.55. The molecule has 1 aromatic carbocycles. The molecule has 0 saturated heterocycles. The highest BCUT2D eigenvalue weighted by Gasteiger charge is 2.19. The van der Waals surface area contributed by atoms with Crippen LogP contribution in [0.4, 0.5) is 4.39 Å². The second-order valence-electron chi connectivity index (χ2n) is 5.82. The summed E-state index contributed by atoms with van der Waals surface area (Å²) in [4.78, 5) is 13.5. The maximum Gasteiger partial charge on any atom is 0.233 e. The van der Waals surface area contributed by atoms with E-state index in [1.165, 1.54) is 28.8 Å². The molecule has 2 aromatic heterocycles. The van der Waals surface area contributed by atoms with E-state index in [1.807, 2.05) is 30.0 Å². The molecule has 8 heteroatoms. The van der Waals surface area contributed by atoms with Gasteiger partial charge in [0.05, 0.1) is 5.25 Å². The zero-order valence-electron chi connectivity index (χ0n) is 14.5. The second-order valence-corrected chi connectivity index (χ2v) is 8.16. The topological polar surface area (TPSA) is 59.8 Å². The van der Waals surface area contributed by atoms with Crippen LogP contribution in [-0.2, 0) is 24.8 Å². The summed E-state index contributed by atoms with van der Waals surface area (Å²) in [6.07, 6.45) is 0.729. The van der Waals surface area contributed by atoms with Crippen LogP contribution in [0.5, 0.6) is 0 Å². The van der Waals surface area contributed by atoms with Crippen LogP contribution in [0.2, 0.25) is 0 Å². The van der Waals surface area contributed by atoms with Gasteiger partial charge in [-0.2, -0.15) is 0 Å². The van der Waals surface area contributed by atoms with E-state index in [9.17, 15) is 9.18 Å². The fraction of sp³-hybridized carbons (Fsp3) is 0.278. The van der Waals surface area contributed by atoms with Crippen LogP contribution in [0.3, 0.4) is 0 Å². The number of halogens is 1. The number of thiophene rings is 1. The number of benzene rings is 1. The van der Waals surface area contributed by atoms with Gasteiger partial charge in [-0.25, -0.2) is 4.39 Å². The fourth-order valence-electron chi connectivity index (χ4n) is 2.32. The van der Waals surface area contributed by atoms with Gasteiger partial charge >= 0.3 is 0 Å². The number of amides is 1. The summed E-state index contributed by atoms with van der Waals surface area (Å²) < 4.78 is 14.8. The first kappa shape index (κ1) is 18.6. The summed E-state index contributed by atoms with van der Waals surface area (Å²) in [7, 11) is 1.91. The van der Waals surface area contributed by atoms with Gasteiger partial charge in [0.15, 0.2) is 5.16 Å². The minimum Gasteiger partial charge on any atom is -0.351 e. The first-order valence-electron chi connectivity index (χ1n) is 8.12. The molecule has 0 saturated carbocycles. The van der Waals surface area contributed by atoms with Crippen molar-refractivity contribution in [3.8, 4) is 0 Å². The number of carbonyl (C=O) groups excluding carboxylic acids is 1. The molecule has 1 atom stereocenters. The van der Waals surface area contributed by atoms with Crippen LogP contribution in [0.1, 0.15) is 23.2 Å². The summed E-state index contributed by atoms with van der Waals surface area (Å²) in [6, 6.07) is 10.2. The predicted molar refractivity (Wildman–Crippen MR) is 102 cm³/mol. The maximum absolute atomic E-state index is 12.9. The molecular formula is C18H19FN4OS2. The van der Waals surface area contributed by atoms with Gasteiger partial charge in [0.1, 0.15) is 11.6 Å². The summed E-state index contributed by atoms with van der Waals surface area (Å²) in [5.41, 5.74) is 0.855. The van der Waals surface area contributed by atoms with Crippen molar-refractivity contribution in [3.63, 3.8) is 0 Å². The highest BCUT2D eigenvalue weighted by molar-refractivity contribution is 8.00. The van der Waals surface area contributed by atoms with Crippen molar-refractivity contribution in [2.24, 2.45) is 7.05 Å². The van der Waals surface area contributed by atoms with Crippen LogP contribution in [0.25, 0.3) is 0 Å². The first-order valence-corrected chi connectivity index (χ1v) is 9.88.